The van der Waals surface area contributed by atoms with Crippen molar-refractivity contribution in [3.05, 3.63) is 101 Å². The third-order valence-electron chi connectivity index (χ3n) is 7.03. The van der Waals surface area contributed by atoms with Crippen molar-refractivity contribution in [2.45, 2.75) is 26.2 Å². The fourth-order valence-corrected chi connectivity index (χ4v) is 5.08. The SMILES string of the molecule is Cc1nc2cc(C3=C(c4ccc(OCCNC/C=C/C(=O)N(C)C)cc4)c4ccc(O)cc4CCC3)ccc2o1. The van der Waals surface area contributed by atoms with Crippen molar-refractivity contribution in [1.29, 1.82) is 0 Å². The Morgan fingerprint density at radius 3 is 2.67 bits per heavy atom. The second kappa shape index (κ2) is 12.2. The molecular formula is C33H35N3O4. The number of amides is 1. The molecule has 0 saturated carbocycles. The van der Waals surface area contributed by atoms with Gasteiger partial charge in [-0.1, -0.05) is 30.3 Å². The summed E-state index contributed by atoms with van der Waals surface area (Å²) in [6.45, 7) is 3.65. The van der Waals surface area contributed by atoms with Crippen molar-refractivity contribution >= 4 is 28.2 Å². The molecule has 1 aliphatic rings. The van der Waals surface area contributed by atoms with E-state index in [1.807, 2.05) is 43.3 Å². The van der Waals surface area contributed by atoms with Gasteiger partial charge in [0.05, 0.1) is 0 Å². The molecule has 7 nitrogen and oxygen atoms in total. The van der Waals surface area contributed by atoms with Crippen LogP contribution >= 0.6 is 0 Å². The molecule has 1 aromatic heterocycles. The first-order valence-electron chi connectivity index (χ1n) is 13.6. The van der Waals surface area contributed by atoms with Crippen LogP contribution in [0.2, 0.25) is 0 Å². The number of aryl methyl sites for hydroxylation is 2. The topological polar surface area (TPSA) is 87.8 Å². The largest absolute Gasteiger partial charge is 0.508 e. The Balaban J connectivity index is 1.37. The standard InChI is InChI=1S/C33H35N3O4/c1-22-35-30-21-25(11-16-31(30)40-22)28-7-4-6-24-20-26(37)12-15-29(24)33(28)23-9-13-27(14-10-23)39-19-18-34-17-5-8-32(38)36(2)3/h5,8-16,20-21,34,37H,4,6-7,17-19H2,1-3H3/b8-5+. The average molecular weight is 538 g/mol. The van der Waals surface area contributed by atoms with Gasteiger partial charge in [0.1, 0.15) is 23.6 Å². The number of nitrogens with zero attached hydrogens (tertiary/aromatic N) is 2. The zero-order valence-corrected chi connectivity index (χ0v) is 23.2. The molecule has 2 N–H and O–H groups in total. The van der Waals surface area contributed by atoms with E-state index in [4.69, 9.17) is 9.15 Å². The van der Waals surface area contributed by atoms with Crippen LogP contribution in [0, 0.1) is 6.92 Å². The summed E-state index contributed by atoms with van der Waals surface area (Å²) in [5.74, 6) is 1.71. The minimum atomic E-state index is -0.0294. The molecule has 0 unspecified atom stereocenters. The van der Waals surface area contributed by atoms with Crippen LogP contribution in [0.4, 0.5) is 0 Å². The van der Waals surface area contributed by atoms with Crippen LogP contribution in [0.3, 0.4) is 0 Å². The van der Waals surface area contributed by atoms with Crippen LogP contribution in [-0.2, 0) is 11.2 Å². The summed E-state index contributed by atoms with van der Waals surface area (Å²) >= 11 is 0. The van der Waals surface area contributed by atoms with Gasteiger partial charge in [-0.15, -0.1) is 0 Å². The number of phenols is 1. The highest BCUT2D eigenvalue weighted by atomic mass is 16.5. The van der Waals surface area contributed by atoms with Gasteiger partial charge in [-0.05, 0) is 89.1 Å². The van der Waals surface area contributed by atoms with E-state index in [-0.39, 0.29) is 11.7 Å². The third kappa shape index (κ3) is 6.26. The molecule has 206 valence electrons. The summed E-state index contributed by atoms with van der Waals surface area (Å²) in [6, 6.07) is 20.1. The van der Waals surface area contributed by atoms with E-state index in [9.17, 15) is 9.90 Å². The quantitative estimate of drug-likeness (QED) is 0.209. The Labute approximate surface area is 234 Å². The van der Waals surface area contributed by atoms with Crippen molar-refractivity contribution in [2.75, 3.05) is 33.8 Å². The number of aromatic hydroxyl groups is 1. The normalized spacial score (nSPS) is 13.5. The number of hydrogen-bond acceptors (Lipinski definition) is 6. The van der Waals surface area contributed by atoms with Crippen LogP contribution in [0.5, 0.6) is 11.5 Å². The predicted octanol–water partition coefficient (Wildman–Crippen LogP) is 5.75. The van der Waals surface area contributed by atoms with E-state index in [1.165, 1.54) is 16.0 Å². The highest BCUT2D eigenvalue weighted by Gasteiger charge is 2.21. The summed E-state index contributed by atoms with van der Waals surface area (Å²) in [5, 5.41) is 13.4. The molecule has 7 heteroatoms. The maximum atomic E-state index is 11.6. The Hall–Kier alpha value is -4.36. The fourth-order valence-electron chi connectivity index (χ4n) is 5.08. The first-order valence-corrected chi connectivity index (χ1v) is 13.6. The van der Waals surface area contributed by atoms with E-state index in [2.05, 4.69) is 34.6 Å². The molecule has 0 atom stereocenters. The zero-order valence-electron chi connectivity index (χ0n) is 23.2. The van der Waals surface area contributed by atoms with E-state index in [0.29, 0.717) is 25.6 Å². The molecule has 5 rings (SSSR count). The van der Waals surface area contributed by atoms with Crippen LogP contribution in [0.1, 0.15) is 41.0 Å². The maximum Gasteiger partial charge on any atom is 0.245 e. The minimum Gasteiger partial charge on any atom is -0.508 e. The number of benzene rings is 3. The number of rotatable bonds is 9. The molecule has 4 aromatic rings. The molecule has 0 aliphatic heterocycles. The Morgan fingerprint density at radius 2 is 1.88 bits per heavy atom. The average Bonchev–Trinajstić information content (AvgIpc) is 3.21. The lowest BCUT2D eigenvalue weighted by Gasteiger charge is -2.17. The highest BCUT2D eigenvalue weighted by Crippen LogP contribution is 2.41. The van der Waals surface area contributed by atoms with Crippen LogP contribution in [0.15, 0.2) is 77.2 Å². The predicted molar refractivity (Wildman–Crippen MR) is 158 cm³/mol. The van der Waals surface area contributed by atoms with Crippen LogP contribution in [0.25, 0.3) is 22.2 Å². The van der Waals surface area contributed by atoms with Crippen LogP contribution in [-0.4, -0.2) is 54.7 Å². The summed E-state index contributed by atoms with van der Waals surface area (Å²) in [7, 11) is 3.46. The van der Waals surface area contributed by atoms with Crippen molar-refractivity contribution in [2.24, 2.45) is 0 Å². The van der Waals surface area contributed by atoms with Gasteiger partial charge in [0.15, 0.2) is 11.5 Å². The highest BCUT2D eigenvalue weighted by molar-refractivity contribution is 6.01. The lowest BCUT2D eigenvalue weighted by Crippen LogP contribution is -2.22. The van der Waals surface area contributed by atoms with Gasteiger partial charge in [0.2, 0.25) is 5.91 Å². The van der Waals surface area contributed by atoms with Gasteiger partial charge >= 0.3 is 0 Å². The molecule has 3 aromatic carbocycles. The van der Waals surface area contributed by atoms with E-state index < -0.39 is 0 Å². The minimum absolute atomic E-state index is 0.0294. The number of oxazole rings is 1. The molecule has 0 radical (unpaired) electrons. The fraction of sp³-hybridized carbons (Fsp3) is 0.273. The Morgan fingerprint density at radius 1 is 1.07 bits per heavy atom. The van der Waals surface area contributed by atoms with Crippen LogP contribution < -0.4 is 10.1 Å². The summed E-state index contributed by atoms with van der Waals surface area (Å²) in [5.41, 5.74) is 8.58. The molecule has 0 saturated heterocycles. The smallest absolute Gasteiger partial charge is 0.245 e. The molecule has 1 amide bonds. The molecule has 0 bridgehead atoms. The van der Waals surface area contributed by atoms with Crippen molar-refractivity contribution in [3.63, 3.8) is 0 Å². The lowest BCUT2D eigenvalue weighted by atomic mass is 9.87. The number of carbonyl (C=O) groups is 1. The second-order valence-corrected chi connectivity index (χ2v) is 10.2. The number of fused-ring (bicyclic) bond motifs is 2. The molecular weight excluding hydrogens is 502 g/mol. The number of aromatic nitrogens is 1. The third-order valence-corrected chi connectivity index (χ3v) is 7.03. The van der Waals surface area contributed by atoms with E-state index >= 15 is 0 Å². The Bertz CT molecular complexity index is 1560. The molecule has 0 fully saturated rings. The summed E-state index contributed by atoms with van der Waals surface area (Å²) in [6.07, 6.45) is 6.17. The first kappa shape index (κ1) is 27.2. The second-order valence-electron chi connectivity index (χ2n) is 10.2. The van der Waals surface area contributed by atoms with Crippen molar-refractivity contribution in [3.8, 4) is 11.5 Å². The van der Waals surface area contributed by atoms with Gasteiger partial charge in [-0.25, -0.2) is 4.98 Å². The molecule has 40 heavy (non-hydrogen) atoms. The number of allylic oxidation sites excluding steroid dienone is 1. The Kier molecular flexibility index (Phi) is 8.31. The number of nitrogens with one attached hydrogen (secondary N) is 1. The monoisotopic (exact) mass is 537 g/mol. The lowest BCUT2D eigenvalue weighted by molar-refractivity contribution is -0.123. The molecule has 1 aliphatic carbocycles. The van der Waals surface area contributed by atoms with E-state index in [0.717, 1.165) is 58.4 Å². The van der Waals surface area contributed by atoms with Gasteiger partial charge in [-0.3, -0.25) is 4.79 Å². The van der Waals surface area contributed by atoms with E-state index in [1.54, 1.807) is 26.2 Å². The zero-order chi connectivity index (χ0) is 28.1. The number of hydrogen-bond donors (Lipinski definition) is 2. The first-order chi connectivity index (χ1) is 19.4. The number of carbonyl (C=O) groups excluding carboxylic acids is 1. The molecule has 1 heterocycles. The van der Waals surface area contributed by atoms with Crippen molar-refractivity contribution < 1.29 is 19.1 Å². The van der Waals surface area contributed by atoms with Crippen molar-refractivity contribution in [1.82, 2.24) is 15.2 Å². The number of phenolic OH excluding ortho intramolecular Hbond substituents is 1. The number of likely N-dealkylation sites (N-methyl/N-ethyl adjacent to an activating group) is 1. The molecule has 0 spiro atoms. The summed E-state index contributed by atoms with van der Waals surface area (Å²) in [4.78, 5) is 17.7. The summed E-state index contributed by atoms with van der Waals surface area (Å²) < 4.78 is 11.7. The van der Waals surface area contributed by atoms with Gasteiger partial charge in [-0.2, -0.15) is 0 Å². The van der Waals surface area contributed by atoms with Gasteiger partial charge in [0.25, 0.3) is 0 Å². The van der Waals surface area contributed by atoms with Gasteiger partial charge < -0.3 is 24.5 Å². The maximum absolute atomic E-state index is 11.6. The number of ether oxygens (including phenoxy) is 1. The van der Waals surface area contributed by atoms with Gasteiger partial charge in [0, 0.05) is 40.2 Å².